The number of allylic oxidation sites excluding steroid dienone is 1. The van der Waals surface area contributed by atoms with E-state index in [0.717, 1.165) is 5.56 Å². The number of nitrogens with zero attached hydrogens (tertiary/aromatic N) is 1. The van der Waals surface area contributed by atoms with Crippen LogP contribution in [-0.2, 0) is 19.1 Å². The van der Waals surface area contributed by atoms with E-state index >= 15 is 0 Å². The van der Waals surface area contributed by atoms with Crippen LogP contribution in [0.1, 0.15) is 52.5 Å². The molecule has 2 atom stereocenters. The van der Waals surface area contributed by atoms with Crippen LogP contribution in [0.5, 0.6) is 0 Å². The number of ether oxygens (including phenoxy) is 1. The number of amides is 2. The lowest BCUT2D eigenvalue weighted by Gasteiger charge is -2.34. The second kappa shape index (κ2) is 9.92. The first-order valence-electron chi connectivity index (χ1n) is 9.88. The summed E-state index contributed by atoms with van der Waals surface area (Å²) in [5, 5.41) is 3.48. The molecule has 1 heterocycles. The molecular weight excluding hydrogens is 392 g/mol. The molecule has 0 aromatic heterocycles. The van der Waals surface area contributed by atoms with Gasteiger partial charge in [0, 0.05) is 29.1 Å². The van der Waals surface area contributed by atoms with Crippen molar-refractivity contribution in [2.45, 2.75) is 53.0 Å². The Hall–Kier alpha value is -2.34. The number of halogens is 1. The molecule has 0 spiro atoms. The van der Waals surface area contributed by atoms with Crippen LogP contribution in [0.2, 0.25) is 5.02 Å². The van der Waals surface area contributed by atoms with Gasteiger partial charge in [0.1, 0.15) is 6.54 Å². The van der Waals surface area contributed by atoms with Gasteiger partial charge in [0.15, 0.2) is 0 Å². The van der Waals surface area contributed by atoms with E-state index < -0.39 is 11.9 Å². The van der Waals surface area contributed by atoms with Crippen molar-refractivity contribution in [2.24, 2.45) is 5.92 Å². The number of hydrogen-bond donors (Lipinski definition) is 1. The fourth-order valence-corrected chi connectivity index (χ4v) is 3.39. The third-order valence-electron chi connectivity index (χ3n) is 5.28. The van der Waals surface area contributed by atoms with Crippen LogP contribution in [0.15, 0.2) is 35.5 Å². The van der Waals surface area contributed by atoms with Gasteiger partial charge in [-0.2, -0.15) is 0 Å². The molecule has 1 aromatic carbocycles. The SMILES string of the molecule is CCOC(=O)C1=C(C)N(CC(=O)N[C@H](C)C(C)C)C(=O)C[C@H]1c1ccc(Cl)cc1. The highest BCUT2D eigenvalue weighted by atomic mass is 35.5. The van der Waals surface area contributed by atoms with Gasteiger partial charge in [-0.3, -0.25) is 9.59 Å². The van der Waals surface area contributed by atoms with Crippen molar-refractivity contribution in [1.29, 1.82) is 0 Å². The van der Waals surface area contributed by atoms with Crippen molar-refractivity contribution in [3.8, 4) is 0 Å². The third kappa shape index (κ3) is 5.60. The Bertz CT molecular complexity index is 802. The molecule has 0 saturated carbocycles. The highest BCUT2D eigenvalue weighted by molar-refractivity contribution is 6.30. The molecule has 6 nitrogen and oxygen atoms in total. The summed E-state index contributed by atoms with van der Waals surface area (Å²) in [6.45, 7) is 9.46. The van der Waals surface area contributed by atoms with E-state index in [4.69, 9.17) is 16.3 Å². The van der Waals surface area contributed by atoms with Gasteiger partial charge in [-0.15, -0.1) is 0 Å². The van der Waals surface area contributed by atoms with Crippen molar-refractivity contribution in [3.63, 3.8) is 0 Å². The van der Waals surface area contributed by atoms with Crippen LogP contribution in [0.4, 0.5) is 0 Å². The minimum absolute atomic E-state index is 0.0157. The van der Waals surface area contributed by atoms with Gasteiger partial charge >= 0.3 is 5.97 Å². The molecule has 0 aliphatic carbocycles. The smallest absolute Gasteiger partial charge is 0.336 e. The summed E-state index contributed by atoms with van der Waals surface area (Å²) in [4.78, 5) is 39.4. The molecule has 0 bridgehead atoms. The Labute approximate surface area is 177 Å². The van der Waals surface area contributed by atoms with E-state index in [2.05, 4.69) is 5.32 Å². The van der Waals surface area contributed by atoms with Gasteiger partial charge in [-0.1, -0.05) is 37.6 Å². The normalized spacial score (nSPS) is 18.1. The van der Waals surface area contributed by atoms with E-state index in [0.29, 0.717) is 16.3 Å². The molecule has 0 saturated heterocycles. The minimum Gasteiger partial charge on any atom is -0.463 e. The third-order valence-corrected chi connectivity index (χ3v) is 5.53. The van der Waals surface area contributed by atoms with Crippen molar-refractivity contribution < 1.29 is 19.1 Å². The van der Waals surface area contributed by atoms with Crippen LogP contribution in [0.3, 0.4) is 0 Å². The number of hydrogen-bond acceptors (Lipinski definition) is 4. The Morgan fingerprint density at radius 1 is 1.24 bits per heavy atom. The number of esters is 1. The van der Waals surface area contributed by atoms with Crippen LogP contribution < -0.4 is 5.32 Å². The number of benzene rings is 1. The Morgan fingerprint density at radius 3 is 2.41 bits per heavy atom. The second-order valence-corrected chi connectivity index (χ2v) is 8.04. The van der Waals surface area contributed by atoms with E-state index in [1.165, 1.54) is 4.90 Å². The Morgan fingerprint density at radius 2 is 1.86 bits per heavy atom. The number of rotatable bonds is 7. The summed E-state index contributed by atoms with van der Waals surface area (Å²) in [5.74, 6) is -1.10. The zero-order valence-electron chi connectivity index (χ0n) is 17.6. The largest absolute Gasteiger partial charge is 0.463 e. The molecule has 29 heavy (non-hydrogen) atoms. The maximum atomic E-state index is 12.9. The molecule has 158 valence electrons. The first kappa shape index (κ1) is 22.9. The number of nitrogens with one attached hydrogen (secondary N) is 1. The second-order valence-electron chi connectivity index (χ2n) is 7.61. The van der Waals surface area contributed by atoms with Crippen molar-refractivity contribution in [1.82, 2.24) is 10.2 Å². The van der Waals surface area contributed by atoms with E-state index in [-0.39, 0.29) is 43.3 Å². The quantitative estimate of drug-likeness (QED) is 0.683. The number of carbonyl (C=O) groups excluding carboxylic acids is 3. The lowest BCUT2D eigenvalue weighted by atomic mass is 9.83. The van der Waals surface area contributed by atoms with Crippen molar-refractivity contribution in [3.05, 3.63) is 46.1 Å². The molecule has 2 amide bonds. The standard InChI is InChI=1S/C22H29ClN2O4/c1-6-29-22(28)21-15(5)25(12-19(26)24-14(4)13(2)3)20(27)11-18(21)16-7-9-17(23)10-8-16/h7-10,13-14,18H,6,11-12H2,1-5H3,(H,24,26)/t14-,18+/m1/s1. The fraction of sp³-hybridized carbons (Fsp3) is 0.500. The lowest BCUT2D eigenvalue weighted by molar-refractivity contribution is -0.141. The maximum Gasteiger partial charge on any atom is 0.336 e. The van der Waals surface area contributed by atoms with Gasteiger partial charge in [-0.25, -0.2) is 4.79 Å². The molecule has 0 unspecified atom stereocenters. The first-order chi connectivity index (χ1) is 13.6. The van der Waals surface area contributed by atoms with Crippen molar-refractivity contribution in [2.75, 3.05) is 13.2 Å². The molecule has 0 radical (unpaired) electrons. The zero-order valence-corrected chi connectivity index (χ0v) is 18.4. The van der Waals surface area contributed by atoms with Crippen LogP contribution in [-0.4, -0.2) is 41.9 Å². The van der Waals surface area contributed by atoms with Crippen LogP contribution >= 0.6 is 11.6 Å². The lowest BCUT2D eigenvalue weighted by Crippen LogP contribution is -2.46. The maximum absolute atomic E-state index is 12.9. The van der Waals surface area contributed by atoms with Gasteiger partial charge < -0.3 is 15.0 Å². The molecule has 1 aromatic rings. The highest BCUT2D eigenvalue weighted by Crippen LogP contribution is 2.37. The van der Waals surface area contributed by atoms with E-state index in [1.807, 2.05) is 20.8 Å². The molecule has 1 aliphatic heterocycles. The molecule has 0 fully saturated rings. The molecular formula is C22H29ClN2O4. The van der Waals surface area contributed by atoms with Gasteiger partial charge in [0.2, 0.25) is 11.8 Å². The monoisotopic (exact) mass is 420 g/mol. The van der Waals surface area contributed by atoms with Crippen LogP contribution in [0, 0.1) is 5.92 Å². The summed E-state index contributed by atoms with van der Waals surface area (Å²) in [5.41, 5.74) is 1.66. The summed E-state index contributed by atoms with van der Waals surface area (Å²) in [6, 6.07) is 7.05. The fourth-order valence-electron chi connectivity index (χ4n) is 3.27. The molecule has 2 rings (SSSR count). The predicted octanol–water partition coefficient (Wildman–Crippen LogP) is 3.65. The Kier molecular flexibility index (Phi) is 7.85. The molecule has 1 N–H and O–H groups in total. The average molecular weight is 421 g/mol. The summed E-state index contributed by atoms with van der Waals surface area (Å²) in [6.07, 6.45) is 0.0835. The van der Waals surface area contributed by atoms with Gasteiger partial charge in [0.25, 0.3) is 0 Å². The summed E-state index contributed by atoms with van der Waals surface area (Å²) < 4.78 is 5.25. The predicted molar refractivity (Wildman–Crippen MR) is 112 cm³/mol. The van der Waals surface area contributed by atoms with Gasteiger partial charge in [-0.05, 0) is 44.4 Å². The summed E-state index contributed by atoms with van der Waals surface area (Å²) >= 11 is 5.98. The topological polar surface area (TPSA) is 75.7 Å². The van der Waals surface area contributed by atoms with E-state index in [9.17, 15) is 14.4 Å². The highest BCUT2D eigenvalue weighted by Gasteiger charge is 2.37. The molecule has 1 aliphatic rings. The van der Waals surface area contributed by atoms with Crippen LogP contribution in [0.25, 0.3) is 0 Å². The minimum atomic E-state index is -0.474. The zero-order chi connectivity index (χ0) is 21.7. The molecule has 7 heteroatoms. The van der Waals surface area contributed by atoms with Gasteiger partial charge in [0.05, 0.1) is 12.2 Å². The average Bonchev–Trinajstić information content (AvgIpc) is 2.65. The Balaban J connectivity index is 2.37. The summed E-state index contributed by atoms with van der Waals surface area (Å²) in [7, 11) is 0. The van der Waals surface area contributed by atoms with E-state index in [1.54, 1.807) is 38.1 Å². The number of carbonyl (C=O) groups is 3. The van der Waals surface area contributed by atoms with Crippen molar-refractivity contribution >= 4 is 29.4 Å². The first-order valence-corrected chi connectivity index (χ1v) is 10.3.